The monoisotopic (exact) mass is 1000 g/mol. The summed E-state index contributed by atoms with van der Waals surface area (Å²) in [5.74, 6) is 0. The maximum absolute atomic E-state index is 2.49. The Balaban J connectivity index is 0.975. The predicted octanol–water partition coefficient (Wildman–Crippen LogP) is 21.9. The first kappa shape index (κ1) is 43.1. The van der Waals surface area contributed by atoms with E-state index in [9.17, 15) is 0 Å². The van der Waals surface area contributed by atoms with Crippen LogP contribution in [-0.2, 0) is 0 Å². The summed E-state index contributed by atoms with van der Waals surface area (Å²) in [7, 11) is 0. The van der Waals surface area contributed by atoms with Gasteiger partial charge in [0.2, 0.25) is 0 Å². The smallest absolute Gasteiger partial charge is 0.0540 e. The quantitative estimate of drug-likeness (QED) is 0.111. The van der Waals surface area contributed by atoms with Gasteiger partial charge in [0.1, 0.15) is 0 Å². The zero-order chi connectivity index (χ0) is 49.8. The van der Waals surface area contributed by atoms with Crippen LogP contribution in [0.3, 0.4) is 0 Å². The molecular weight excluding hydrogens is 957 g/mol. The Hall–Kier alpha value is -9.32. The fourth-order valence-corrected chi connectivity index (χ4v) is 14.3. The number of nitrogens with zero attached hydrogens (tertiary/aromatic N) is 2. The number of para-hydroxylation sites is 1. The van der Waals surface area contributed by atoms with Gasteiger partial charge in [-0.05, 0) is 180 Å². The van der Waals surface area contributed by atoms with E-state index in [2.05, 4.69) is 277 Å². The van der Waals surface area contributed by atoms with Crippen LogP contribution in [0.2, 0.25) is 0 Å². The minimum Gasteiger partial charge on any atom is -0.310 e. The normalized spacial score (nSPS) is 11.9. The van der Waals surface area contributed by atoms with Gasteiger partial charge < -0.3 is 9.80 Å². The van der Waals surface area contributed by atoms with Crippen LogP contribution in [0.5, 0.6) is 0 Å². The molecule has 0 saturated carbocycles. The molecule has 0 spiro atoms. The Kier molecular flexibility index (Phi) is 9.71. The average Bonchev–Trinajstić information content (AvgIpc) is 4.06. The molecule has 0 aliphatic rings. The van der Waals surface area contributed by atoms with Gasteiger partial charge in [-0.1, -0.05) is 158 Å². The lowest BCUT2D eigenvalue weighted by Gasteiger charge is -2.31. The van der Waals surface area contributed by atoms with Crippen LogP contribution >= 0.6 is 22.7 Å². The Morgan fingerprint density at radius 1 is 0.211 bits per heavy atom. The van der Waals surface area contributed by atoms with E-state index in [1.807, 2.05) is 22.7 Å². The standard InChI is InChI=1S/C72H44N2S2/c1-3-13-45(14-4-1)51-19-12-22-57(37-51)73(58-30-34-69-65(44-58)61-23-9-10-24-67(61)75-69)59-38-55(52-29-33-68-63(40-52)64-41-53-35-49-15-7-8-16-50(49)36-54(53)42-70(64)76-68)39-60(43-59)74(56-20-5-2-6-21-56)66-32-28-48-26-25-46-17-11-18-47-27-31-62(66)72(48)71(46)47/h1-44H. The summed E-state index contributed by atoms with van der Waals surface area (Å²) in [6.07, 6.45) is 0. The van der Waals surface area contributed by atoms with Gasteiger partial charge in [0.05, 0.1) is 5.69 Å². The molecule has 0 unspecified atom stereocenters. The molecular formula is C72H44N2S2. The summed E-state index contributed by atoms with van der Waals surface area (Å²) in [6.45, 7) is 0. The van der Waals surface area contributed by atoms with Crippen molar-refractivity contribution < 1.29 is 0 Å². The number of hydrogen-bond acceptors (Lipinski definition) is 4. The Bertz CT molecular complexity index is 4940. The third-order valence-corrected chi connectivity index (χ3v) is 17.9. The second-order valence-corrected chi connectivity index (χ2v) is 22.3. The van der Waals surface area contributed by atoms with Gasteiger partial charge in [0.25, 0.3) is 0 Å². The Morgan fingerprint density at radius 2 is 0.750 bits per heavy atom. The Morgan fingerprint density at radius 3 is 1.57 bits per heavy atom. The van der Waals surface area contributed by atoms with Crippen molar-refractivity contribution in [1.29, 1.82) is 0 Å². The summed E-state index contributed by atoms with van der Waals surface area (Å²) < 4.78 is 5.15. The van der Waals surface area contributed by atoms with Crippen LogP contribution in [0.1, 0.15) is 0 Å². The van der Waals surface area contributed by atoms with Crippen LogP contribution in [0.15, 0.2) is 267 Å². The van der Waals surface area contributed by atoms with Gasteiger partial charge in [-0.2, -0.15) is 0 Å². The molecule has 4 heteroatoms. The summed E-state index contributed by atoms with van der Waals surface area (Å²) in [4.78, 5) is 4.97. The van der Waals surface area contributed by atoms with Crippen LogP contribution < -0.4 is 9.80 Å². The minimum absolute atomic E-state index is 1.06. The second kappa shape index (κ2) is 17.1. The highest BCUT2D eigenvalue weighted by Gasteiger charge is 2.24. The van der Waals surface area contributed by atoms with E-state index < -0.39 is 0 Å². The average molecular weight is 1000 g/mol. The molecule has 0 aliphatic heterocycles. The van der Waals surface area contributed by atoms with Gasteiger partial charge in [-0.25, -0.2) is 0 Å². The van der Waals surface area contributed by atoms with E-state index in [0.29, 0.717) is 0 Å². The number of benzene rings is 14. The highest BCUT2D eigenvalue weighted by molar-refractivity contribution is 7.26. The zero-order valence-corrected chi connectivity index (χ0v) is 42.7. The van der Waals surface area contributed by atoms with Crippen molar-refractivity contribution in [2.45, 2.75) is 0 Å². The molecule has 0 amide bonds. The molecule has 0 saturated heterocycles. The van der Waals surface area contributed by atoms with Gasteiger partial charge >= 0.3 is 0 Å². The number of rotatable bonds is 8. The number of fused-ring (bicyclic) bond motifs is 8. The summed E-state index contributed by atoms with van der Waals surface area (Å²) in [5.41, 5.74) is 11.1. The first-order chi connectivity index (χ1) is 37.6. The predicted molar refractivity (Wildman–Crippen MR) is 331 cm³/mol. The SMILES string of the molecule is c1ccc(-c2cccc(N(c3cc(-c4ccc5sc6cc7cc8ccccc8cc7cc6c5c4)cc(N(c4ccccc4)c4ccc5ccc6cccc7ccc4c5c67)c3)c3ccc4sc5ccccc5c4c3)c2)cc1. The van der Waals surface area contributed by atoms with E-state index in [1.54, 1.807) is 0 Å². The molecule has 0 bridgehead atoms. The van der Waals surface area contributed by atoms with E-state index in [0.717, 1.165) is 50.8 Å². The van der Waals surface area contributed by atoms with Gasteiger partial charge in [-0.3, -0.25) is 0 Å². The lowest BCUT2D eigenvalue weighted by Crippen LogP contribution is -2.14. The van der Waals surface area contributed by atoms with Gasteiger partial charge in [0.15, 0.2) is 0 Å². The first-order valence-corrected chi connectivity index (χ1v) is 27.6. The third kappa shape index (κ3) is 6.99. The van der Waals surface area contributed by atoms with Crippen LogP contribution in [0.25, 0.3) is 116 Å². The fraction of sp³-hybridized carbons (Fsp3) is 0. The molecule has 16 rings (SSSR count). The Labute approximate surface area is 447 Å². The minimum atomic E-state index is 1.06. The molecule has 0 atom stereocenters. The molecule has 354 valence electrons. The molecule has 0 fully saturated rings. The van der Waals surface area contributed by atoms with Crippen molar-refractivity contribution >= 4 is 151 Å². The molecule has 16 aromatic rings. The number of hydrogen-bond donors (Lipinski definition) is 0. The number of thiophene rings is 2. The van der Waals surface area contributed by atoms with Gasteiger partial charge in [0, 0.05) is 74.2 Å². The third-order valence-electron chi connectivity index (χ3n) is 15.6. The van der Waals surface area contributed by atoms with Crippen molar-refractivity contribution in [2.75, 3.05) is 9.80 Å². The van der Waals surface area contributed by atoms with Crippen molar-refractivity contribution in [3.63, 3.8) is 0 Å². The van der Waals surface area contributed by atoms with Crippen LogP contribution in [0.4, 0.5) is 34.1 Å². The molecule has 2 heterocycles. The molecule has 2 nitrogen and oxygen atoms in total. The number of anilines is 6. The maximum atomic E-state index is 2.49. The molecule has 76 heavy (non-hydrogen) atoms. The maximum Gasteiger partial charge on any atom is 0.0540 e. The van der Waals surface area contributed by atoms with Crippen LogP contribution in [-0.4, -0.2) is 0 Å². The second-order valence-electron chi connectivity index (χ2n) is 20.1. The molecule has 0 radical (unpaired) electrons. The van der Waals surface area contributed by atoms with Gasteiger partial charge in [-0.15, -0.1) is 22.7 Å². The van der Waals surface area contributed by atoms with E-state index in [4.69, 9.17) is 0 Å². The fourth-order valence-electron chi connectivity index (χ4n) is 12.1. The van der Waals surface area contributed by atoms with Crippen molar-refractivity contribution in [3.8, 4) is 22.3 Å². The summed E-state index contributed by atoms with van der Waals surface area (Å²) >= 11 is 3.74. The molecule has 0 N–H and O–H groups in total. The molecule has 14 aromatic carbocycles. The van der Waals surface area contributed by atoms with E-state index in [-0.39, 0.29) is 0 Å². The lowest BCUT2D eigenvalue weighted by atomic mass is 9.93. The summed E-state index contributed by atoms with van der Waals surface area (Å²) in [5, 5.41) is 17.7. The van der Waals surface area contributed by atoms with E-state index >= 15 is 0 Å². The van der Waals surface area contributed by atoms with Crippen molar-refractivity contribution in [2.24, 2.45) is 0 Å². The highest BCUT2D eigenvalue weighted by atomic mass is 32.1. The molecule has 0 aliphatic carbocycles. The van der Waals surface area contributed by atoms with Crippen molar-refractivity contribution in [1.82, 2.24) is 0 Å². The largest absolute Gasteiger partial charge is 0.310 e. The highest BCUT2D eigenvalue weighted by Crippen LogP contribution is 2.49. The topological polar surface area (TPSA) is 6.48 Å². The molecule has 2 aromatic heterocycles. The lowest BCUT2D eigenvalue weighted by molar-refractivity contribution is 1.26. The summed E-state index contributed by atoms with van der Waals surface area (Å²) in [6, 6.07) is 99.6. The van der Waals surface area contributed by atoms with Crippen LogP contribution in [0, 0.1) is 0 Å². The zero-order valence-electron chi connectivity index (χ0n) is 41.1. The van der Waals surface area contributed by atoms with Crippen molar-refractivity contribution in [3.05, 3.63) is 267 Å². The first-order valence-electron chi connectivity index (χ1n) is 25.9. The van der Waals surface area contributed by atoms with E-state index in [1.165, 1.54) is 99.8 Å².